The number of benzene rings is 2. The summed E-state index contributed by atoms with van der Waals surface area (Å²) < 4.78 is 57.5. The fraction of sp³-hybridized carbons (Fsp3) is 0.318. The van der Waals surface area contributed by atoms with Crippen molar-refractivity contribution in [3.05, 3.63) is 71.2 Å². The van der Waals surface area contributed by atoms with Gasteiger partial charge in [0.15, 0.2) is 5.76 Å². The Hall–Kier alpha value is -2.87. The summed E-state index contributed by atoms with van der Waals surface area (Å²) in [6.45, 7) is 5.17. The normalized spacial score (nSPS) is 15.6. The molecule has 3 aromatic rings. The van der Waals surface area contributed by atoms with Crippen LogP contribution >= 0.6 is 0 Å². The van der Waals surface area contributed by atoms with Gasteiger partial charge in [-0.15, -0.1) is 0 Å². The van der Waals surface area contributed by atoms with Gasteiger partial charge < -0.3 is 9.42 Å². The molecular formula is C22H21F4N3O. The lowest BCUT2D eigenvalue weighted by atomic mass is 10.1. The van der Waals surface area contributed by atoms with E-state index in [1.165, 1.54) is 24.3 Å². The molecule has 0 spiro atoms. The number of alkyl halides is 3. The lowest BCUT2D eigenvalue weighted by Gasteiger charge is -2.36. The highest BCUT2D eigenvalue weighted by Crippen LogP contribution is 2.32. The zero-order valence-electron chi connectivity index (χ0n) is 16.4. The predicted molar refractivity (Wildman–Crippen MR) is 106 cm³/mol. The minimum atomic E-state index is -4.34. The van der Waals surface area contributed by atoms with Gasteiger partial charge in [0.2, 0.25) is 0 Å². The molecule has 4 rings (SSSR count). The summed E-state index contributed by atoms with van der Waals surface area (Å²) in [5.41, 5.74) is 2.43. The van der Waals surface area contributed by atoms with Gasteiger partial charge in [0.05, 0.1) is 5.56 Å². The fourth-order valence-electron chi connectivity index (χ4n) is 3.64. The molecule has 1 aliphatic rings. The molecule has 0 unspecified atom stereocenters. The number of piperazine rings is 1. The monoisotopic (exact) mass is 419 g/mol. The van der Waals surface area contributed by atoms with E-state index in [0.717, 1.165) is 22.9 Å². The SMILES string of the molecule is Cc1c(CN2CCN(c3cccc(C(F)(F)F)c3)CC2)noc1-c1ccc(F)cc1. The van der Waals surface area contributed by atoms with Gasteiger partial charge in [0, 0.05) is 49.5 Å². The summed E-state index contributed by atoms with van der Waals surface area (Å²) in [5, 5.41) is 4.18. The number of aromatic nitrogens is 1. The van der Waals surface area contributed by atoms with Crippen LogP contribution in [0.4, 0.5) is 23.2 Å². The molecule has 8 heteroatoms. The van der Waals surface area contributed by atoms with Crippen LogP contribution < -0.4 is 4.90 Å². The highest BCUT2D eigenvalue weighted by Gasteiger charge is 2.31. The topological polar surface area (TPSA) is 32.5 Å². The molecular weight excluding hydrogens is 398 g/mol. The molecule has 1 aromatic heterocycles. The molecule has 30 heavy (non-hydrogen) atoms. The second-order valence-electron chi connectivity index (χ2n) is 7.40. The molecule has 4 nitrogen and oxygen atoms in total. The van der Waals surface area contributed by atoms with Gasteiger partial charge in [0.1, 0.15) is 11.5 Å². The van der Waals surface area contributed by atoms with E-state index in [1.54, 1.807) is 18.2 Å². The molecule has 2 aromatic carbocycles. The van der Waals surface area contributed by atoms with Crippen molar-refractivity contribution in [1.82, 2.24) is 10.1 Å². The van der Waals surface area contributed by atoms with Gasteiger partial charge in [-0.1, -0.05) is 11.2 Å². The van der Waals surface area contributed by atoms with Crippen molar-refractivity contribution in [2.24, 2.45) is 0 Å². The molecule has 1 fully saturated rings. The summed E-state index contributed by atoms with van der Waals surface area (Å²) in [4.78, 5) is 4.16. The van der Waals surface area contributed by atoms with Crippen LogP contribution in [0.3, 0.4) is 0 Å². The molecule has 1 aliphatic heterocycles. The van der Waals surface area contributed by atoms with Crippen LogP contribution in [0.15, 0.2) is 53.1 Å². The zero-order chi connectivity index (χ0) is 21.3. The van der Waals surface area contributed by atoms with Gasteiger partial charge in [0.25, 0.3) is 0 Å². The Morgan fingerprint density at radius 1 is 1.00 bits per heavy atom. The lowest BCUT2D eigenvalue weighted by molar-refractivity contribution is -0.137. The van der Waals surface area contributed by atoms with Gasteiger partial charge in [-0.05, 0) is 49.4 Å². The number of rotatable bonds is 4. The number of nitrogens with zero attached hydrogens (tertiary/aromatic N) is 3. The van der Waals surface area contributed by atoms with Crippen LogP contribution in [-0.4, -0.2) is 36.2 Å². The van der Waals surface area contributed by atoms with E-state index in [0.29, 0.717) is 44.2 Å². The first kappa shape index (κ1) is 20.4. The number of hydrogen-bond acceptors (Lipinski definition) is 4. The number of hydrogen-bond donors (Lipinski definition) is 0. The highest BCUT2D eigenvalue weighted by molar-refractivity contribution is 5.61. The molecule has 2 heterocycles. The lowest BCUT2D eigenvalue weighted by Crippen LogP contribution is -2.46. The van der Waals surface area contributed by atoms with Crippen LogP contribution in [0.1, 0.15) is 16.8 Å². The second kappa shape index (κ2) is 8.10. The maximum absolute atomic E-state index is 13.1. The van der Waals surface area contributed by atoms with Crippen molar-refractivity contribution in [3.8, 4) is 11.3 Å². The zero-order valence-corrected chi connectivity index (χ0v) is 16.4. The minimum Gasteiger partial charge on any atom is -0.369 e. The average molecular weight is 419 g/mol. The van der Waals surface area contributed by atoms with E-state index >= 15 is 0 Å². The molecule has 0 atom stereocenters. The number of halogens is 4. The summed E-state index contributed by atoms with van der Waals surface area (Å²) in [7, 11) is 0. The number of anilines is 1. The maximum Gasteiger partial charge on any atom is 0.416 e. The molecule has 0 radical (unpaired) electrons. The standard InChI is InChI=1S/C22H21F4N3O/c1-15-20(27-30-21(15)16-5-7-18(23)8-6-16)14-28-9-11-29(12-10-28)19-4-2-3-17(13-19)22(24,25)26/h2-8,13H,9-12,14H2,1H3. The van der Waals surface area contributed by atoms with Gasteiger partial charge in [-0.25, -0.2) is 4.39 Å². The first-order valence-corrected chi connectivity index (χ1v) is 9.67. The summed E-state index contributed by atoms with van der Waals surface area (Å²) in [5.74, 6) is 0.308. The largest absolute Gasteiger partial charge is 0.416 e. The Morgan fingerprint density at radius 3 is 2.37 bits per heavy atom. The van der Waals surface area contributed by atoms with Crippen LogP contribution in [0.25, 0.3) is 11.3 Å². The molecule has 1 saturated heterocycles. The highest BCUT2D eigenvalue weighted by atomic mass is 19.4. The maximum atomic E-state index is 13.1. The summed E-state index contributed by atoms with van der Waals surface area (Å²) in [6.07, 6.45) is -4.34. The van der Waals surface area contributed by atoms with E-state index in [-0.39, 0.29) is 5.82 Å². The van der Waals surface area contributed by atoms with E-state index < -0.39 is 11.7 Å². The first-order valence-electron chi connectivity index (χ1n) is 9.67. The first-order chi connectivity index (χ1) is 14.3. The van der Waals surface area contributed by atoms with Crippen molar-refractivity contribution in [1.29, 1.82) is 0 Å². The third-order valence-corrected chi connectivity index (χ3v) is 5.41. The Bertz CT molecular complexity index is 1010. The van der Waals surface area contributed by atoms with E-state index in [9.17, 15) is 17.6 Å². The quantitative estimate of drug-likeness (QED) is 0.549. The van der Waals surface area contributed by atoms with Gasteiger partial charge in [-0.3, -0.25) is 4.90 Å². The molecule has 0 saturated carbocycles. The fourth-order valence-corrected chi connectivity index (χ4v) is 3.64. The van der Waals surface area contributed by atoms with Crippen molar-refractivity contribution in [3.63, 3.8) is 0 Å². The summed E-state index contributed by atoms with van der Waals surface area (Å²) in [6, 6.07) is 11.5. The average Bonchev–Trinajstić information content (AvgIpc) is 3.09. The van der Waals surface area contributed by atoms with Crippen LogP contribution in [-0.2, 0) is 12.7 Å². The second-order valence-corrected chi connectivity index (χ2v) is 7.40. The molecule has 0 bridgehead atoms. The van der Waals surface area contributed by atoms with E-state index in [2.05, 4.69) is 10.1 Å². The third kappa shape index (κ3) is 4.33. The minimum absolute atomic E-state index is 0.310. The van der Waals surface area contributed by atoms with Crippen molar-refractivity contribution >= 4 is 5.69 Å². The predicted octanol–water partition coefficient (Wildman–Crippen LogP) is 5.13. The third-order valence-electron chi connectivity index (χ3n) is 5.41. The Morgan fingerprint density at radius 2 is 1.70 bits per heavy atom. The molecule has 158 valence electrons. The van der Waals surface area contributed by atoms with Gasteiger partial charge in [-0.2, -0.15) is 13.2 Å². The van der Waals surface area contributed by atoms with Crippen molar-refractivity contribution in [2.75, 3.05) is 31.1 Å². The Balaban J connectivity index is 1.39. The summed E-state index contributed by atoms with van der Waals surface area (Å²) >= 11 is 0. The smallest absolute Gasteiger partial charge is 0.369 e. The van der Waals surface area contributed by atoms with Crippen LogP contribution in [0.5, 0.6) is 0 Å². The molecule has 0 aliphatic carbocycles. The Labute approximate surface area is 171 Å². The Kier molecular flexibility index (Phi) is 5.51. The van der Waals surface area contributed by atoms with Crippen LogP contribution in [0, 0.1) is 12.7 Å². The molecule has 0 N–H and O–H groups in total. The van der Waals surface area contributed by atoms with Crippen molar-refractivity contribution < 1.29 is 22.1 Å². The molecule has 0 amide bonds. The van der Waals surface area contributed by atoms with E-state index in [1.807, 2.05) is 11.8 Å². The van der Waals surface area contributed by atoms with Crippen LogP contribution in [0.2, 0.25) is 0 Å². The van der Waals surface area contributed by atoms with Gasteiger partial charge >= 0.3 is 6.18 Å². The van der Waals surface area contributed by atoms with E-state index in [4.69, 9.17) is 4.52 Å². The van der Waals surface area contributed by atoms with Crippen molar-refractivity contribution in [2.45, 2.75) is 19.6 Å².